The van der Waals surface area contributed by atoms with E-state index < -0.39 is 0 Å². The molecule has 2 aliphatic rings. The Kier molecular flexibility index (Phi) is 2.74. The van der Waals surface area contributed by atoms with Gasteiger partial charge in [0.2, 0.25) is 0 Å². The molecule has 1 nitrogen and oxygen atoms in total. The van der Waals surface area contributed by atoms with E-state index in [1.54, 1.807) is 22.3 Å². The Hall–Kier alpha value is -0.820. The Balaban J connectivity index is 2.00. The maximum atomic E-state index is 2.53. The Morgan fingerprint density at radius 2 is 1.82 bits per heavy atom. The van der Waals surface area contributed by atoms with Crippen molar-refractivity contribution in [1.29, 1.82) is 0 Å². The molecule has 0 radical (unpaired) electrons. The van der Waals surface area contributed by atoms with Gasteiger partial charge in [0.05, 0.1) is 0 Å². The first-order valence-corrected chi connectivity index (χ1v) is 7.07. The topological polar surface area (TPSA) is 3.24 Å². The Morgan fingerprint density at radius 3 is 2.35 bits per heavy atom. The number of nitrogens with zero attached hydrogens (tertiary/aromatic N) is 1. The second-order valence-corrected chi connectivity index (χ2v) is 5.98. The number of benzene rings is 1. The van der Waals surface area contributed by atoms with E-state index in [9.17, 15) is 0 Å². The van der Waals surface area contributed by atoms with Crippen LogP contribution in [0.3, 0.4) is 0 Å². The smallest absolute Gasteiger partial charge is 0.0240 e. The van der Waals surface area contributed by atoms with Crippen LogP contribution in [0.4, 0.5) is 0 Å². The Morgan fingerprint density at radius 1 is 1.18 bits per heavy atom. The van der Waals surface area contributed by atoms with Crippen LogP contribution < -0.4 is 0 Å². The molecule has 0 saturated heterocycles. The van der Waals surface area contributed by atoms with Crippen LogP contribution in [0.2, 0.25) is 0 Å². The van der Waals surface area contributed by atoms with Gasteiger partial charge in [0.15, 0.2) is 0 Å². The van der Waals surface area contributed by atoms with Crippen LogP contribution >= 0.6 is 0 Å². The fourth-order valence-corrected chi connectivity index (χ4v) is 3.03. The van der Waals surface area contributed by atoms with E-state index in [-0.39, 0.29) is 0 Å². The summed E-state index contributed by atoms with van der Waals surface area (Å²) >= 11 is 0. The van der Waals surface area contributed by atoms with Gasteiger partial charge in [0.25, 0.3) is 0 Å². The molecular formula is C16H23N. The van der Waals surface area contributed by atoms with Crippen molar-refractivity contribution in [3.8, 4) is 0 Å². The van der Waals surface area contributed by atoms with Gasteiger partial charge in [-0.3, -0.25) is 4.90 Å². The fraction of sp³-hybridized carbons (Fsp3) is 0.625. The Bertz CT molecular complexity index is 398. The summed E-state index contributed by atoms with van der Waals surface area (Å²) in [6.45, 7) is 10.4. The molecule has 0 N–H and O–H groups in total. The summed E-state index contributed by atoms with van der Waals surface area (Å²) in [6.07, 6.45) is 2.83. The van der Waals surface area contributed by atoms with Crippen molar-refractivity contribution >= 4 is 0 Å². The highest BCUT2D eigenvalue weighted by atomic mass is 15.1. The van der Waals surface area contributed by atoms with Crippen molar-refractivity contribution in [3.63, 3.8) is 0 Å². The van der Waals surface area contributed by atoms with Gasteiger partial charge in [-0.25, -0.2) is 0 Å². The van der Waals surface area contributed by atoms with Crippen molar-refractivity contribution in [1.82, 2.24) is 4.90 Å². The van der Waals surface area contributed by atoms with E-state index in [1.165, 1.54) is 25.9 Å². The first-order chi connectivity index (χ1) is 8.19. The van der Waals surface area contributed by atoms with Gasteiger partial charge < -0.3 is 0 Å². The molecule has 0 spiro atoms. The van der Waals surface area contributed by atoms with Gasteiger partial charge in [-0.05, 0) is 53.5 Å². The maximum Gasteiger partial charge on any atom is 0.0240 e. The molecule has 0 bridgehead atoms. The third-order valence-electron chi connectivity index (χ3n) is 4.28. The molecule has 1 saturated carbocycles. The Labute approximate surface area is 105 Å². The van der Waals surface area contributed by atoms with Crippen LogP contribution in [0.25, 0.3) is 0 Å². The van der Waals surface area contributed by atoms with E-state index in [4.69, 9.17) is 0 Å². The minimum atomic E-state index is 0.673. The van der Waals surface area contributed by atoms with Crippen LogP contribution in [0.15, 0.2) is 12.1 Å². The zero-order chi connectivity index (χ0) is 12.0. The largest absolute Gasteiger partial charge is 0.295 e. The molecule has 1 aliphatic heterocycles. The third kappa shape index (κ3) is 2.01. The van der Waals surface area contributed by atoms with Crippen molar-refractivity contribution in [3.05, 3.63) is 34.4 Å². The highest BCUT2D eigenvalue weighted by molar-refractivity contribution is 5.44. The van der Waals surface area contributed by atoms with E-state index >= 15 is 0 Å². The maximum absolute atomic E-state index is 2.53. The standard InChI is InChI=1S/C16H23N/c1-4-17-9-13-7-15(11(2)3)16(12-5-6-12)8-14(13)10-17/h7-8,11-12H,4-6,9-10H2,1-3H3. The van der Waals surface area contributed by atoms with Gasteiger partial charge in [-0.1, -0.05) is 32.9 Å². The molecule has 0 atom stereocenters. The van der Waals surface area contributed by atoms with Gasteiger partial charge >= 0.3 is 0 Å². The van der Waals surface area contributed by atoms with E-state index in [0.29, 0.717) is 5.92 Å². The van der Waals surface area contributed by atoms with Crippen LogP contribution in [0.5, 0.6) is 0 Å². The summed E-state index contributed by atoms with van der Waals surface area (Å²) in [5.41, 5.74) is 6.46. The predicted molar refractivity (Wildman–Crippen MR) is 72.3 cm³/mol. The molecular weight excluding hydrogens is 206 g/mol. The predicted octanol–water partition coefficient (Wildman–Crippen LogP) is 4.02. The van der Waals surface area contributed by atoms with Crippen molar-refractivity contribution in [2.45, 2.75) is 58.5 Å². The molecule has 1 heteroatoms. The third-order valence-corrected chi connectivity index (χ3v) is 4.28. The highest BCUT2D eigenvalue weighted by Gasteiger charge is 2.29. The molecule has 0 unspecified atom stereocenters. The van der Waals surface area contributed by atoms with Crippen LogP contribution in [0, 0.1) is 0 Å². The lowest BCUT2D eigenvalue weighted by Crippen LogP contribution is -2.14. The van der Waals surface area contributed by atoms with Crippen LogP contribution in [-0.4, -0.2) is 11.4 Å². The average molecular weight is 229 g/mol. The van der Waals surface area contributed by atoms with E-state index in [0.717, 1.165) is 12.5 Å². The summed E-state index contributed by atoms with van der Waals surface area (Å²) < 4.78 is 0. The summed E-state index contributed by atoms with van der Waals surface area (Å²) in [4.78, 5) is 2.53. The first-order valence-electron chi connectivity index (χ1n) is 7.07. The minimum absolute atomic E-state index is 0.673. The first kappa shape index (κ1) is 11.3. The number of hydrogen-bond acceptors (Lipinski definition) is 1. The molecule has 17 heavy (non-hydrogen) atoms. The zero-order valence-electron chi connectivity index (χ0n) is 11.3. The molecule has 3 rings (SSSR count). The molecule has 1 aromatic carbocycles. The molecule has 1 heterocycles. The number of rotatable bonds is 3. The van der Waals surface area contributed by atoms with Gasteiger partial charge in [-0.2, -0.15) is 0 Å². The van der Waals surface area contributed by atoms with Crippen LogP contribution in [0.1, 0.15) is 67.7 Å². The van der Waals surface area contributed by atoms with Gasteiger partial charge in [0.1, 0.15) is 0 Å². The summed E-state index contributed by atoms with van der Waals surface area (Å²) in [7, 11) is 0. The monoisotopic (exact) mass is 229 g/mol. The van der Waals surface area contributed by atoms with Crippen LogP contribution in [-0.2, 0) is 13.1 Å². The molecule has 92 valence electrons. The number of hydrogen-bond donors (Lipinski definition) is 0. The SMILES string of the molecule is CCN1Cc2cc(C(C)C)c(C3CC3)cc2C1. The van der Waals surface area contributed by atoms with E-state index in [2.05, 4.69) is 37.8 Å². The minimum Gasteiger partial charge on any atom is -0.295 e. The van der Waals surface area contributed by atoms with Crippen molar-refractivity contribution in [2.75, 3.05) is 6.54 Å². The second-order valence-electron chi connectivity index (χ2n) is 5.98. The summed E-state index contributed by atoms with van der Waals surface area (Å²) in [6, 6.07) is 5.03. The lowest BCUT2D eigenvalue weighted by Gasteiger charge is -2.14. The van der Waals surface area contributed by atoms with Crippen molar-refractivity contribution in [2.24, 2.45) is 0 Å². The fourth-order valence-electron chi connectivity index (χ4n) is 3.03. The second kappa shape index (κ2) is 4.13. The zero-order valence-corrected chi connectivity index (χ0v) is 11.3. The molecule has 1 fully saturated rings. The molecule has 1 aromatic rings. The number of fused-ring (bicyclic) bond motifs is 1. The van der Waals surface area contributed by atoms with Gasteiger partial charge in [0, 0.05) is 13.1 Å². The lowest BCUT2D eigenvalue weighted by molar-refractivity contribution is 0.301. The molecule has 0 amide bonds. The quantitative estimate of drug-likeness (QED) is 0.756. The normalized spacial score (nSPS) is 20.0. The summed E-state index contributed by atoms with van der Waals surface area (Å²) in [5.74, 6) is 1.56. The van der Waals surface area contributed by atoms with E-state index in [1.807, 2.05) is 0 Å². The molecule has 1 aliphatic carbocycles. The van der Waals surface area contributed by atoms with Gasteiger partial charge in [-0.15, -0.1) is 0 Å². The molecule has 0 aromatic heterocycles. The van der Waals surface area contributed by atoms with Crippen molar-refractivity contribution < 1.29 is 0 Å². The highest BCUT2D eigenvalue weighted by Crippen LogP contribution is 2.45. The summed E-state index contributed by atoms with van der Waals surface area (Å²) in [5, 5.41) is 0. The lowest BCUT2D eigenvalue weighted by atomic mass is 9.90. The average Bonchev–Trinajstić information content (AvgIpc) is 3.07.